The minimum atomic E-state index is 0.342. The third-order valence-corrected chi connectivity index (χ3v) is 4.41. The largest absolute Gasteiger partial charge is 0.490 e. The Morgan fingerprint density at radius 3 is 2.68 bits per heavy atom. The number of rotatable bonds is 9. The smallest absolute Gasteiger partial charge is 0.187 e. The topological polar surface area (TPSA) is 54.9 Å². The van der Waals surface area contributed by atoms with Gasteiger partial charge in [0.25, 0.3) is 0 Å². The fraction of sp³-hybridized carbons (Fsp3) is 0.200. The van der Waals surface area contributed by atoms with Crippen molar-refractivity contribution in [3.8, 4) is 11.5 Å². The Labute approximate surface area is 180 Å². The SMILES string of the molecule is C=CCNC(=S)N/N=C/c1ccc(OCc2ccc(Cl)c(Cl)c2)c(OCC)c1. The van der Waals surface area contributed by atoms with Crippen LogP contribution in [0.3, 0.4) is 0 Å². The van der Waals surface area contributed by atoms with Crippen LogP contribution in [0.4, 0.5) is 0 Å². The highest BCUT2D eigenvalue weighted by Crippen LogP contribution is 2.29. The van der Waals surface area contributed by atoms with Crippen molar-refractivity contribution in [2.75, 3.05) is 13.2 Å². The number of benzene rings is 2. The molecule has 0 amide bonds. The summed E-state index contributed by atoms with van der Waals surface area (Å²) in [5.74, 6) is 1.25. The molecule has 0 fully saturated rings. The summed E-state index contributed by atoms with van der Waals surface area (Å²) in [5.41, 5.74) is 4.48. The predicted molar refractivity (Wildman–Crippen MR) is 120 cm³/mol. The zero-order valence-corrected chi connectivity index (χ0v) is 17.7. The molecule has 8 heteroatoms. The first-order chi connectivity index (χ1) is 13.5. The van der Waals surface area contributed by atoms with Gasteiger partial charge >= 0.3 is 0 Å². The highest BCUT2D eigenvalue weighted by molar-refractivity contribution is 7.80. The van der Waals surface area contributed by atoms with Crippen LogP contribution >= 0.6 is 35.4 Å². The lowest BCUT2D eigenvalue weighted by molar-refractivity contribution is 0.269. The second-order valence-electron chi connectivity index (χ2n) is 5.55. The van der Waals surface area contributed by atoms with E-state index in [1.54, 1.807) is 24.4 Å². The van der Waals surface area contributed by atoms with Gasteiger partial charge in [-0.3, -0.25) is 5.43 Å². The van der Waals surface area contributed by atoms with E-state index in [1.807, 2.05) is 31.2 Å². The maximum atomic E-state index is 6.04. The molecule has 0 aliphatic heterocycles. The van der Waals surface area contributed by atoms with Crippen LogP contribution in [0.2, 0.25) is 10.0 Å². The second kappa shape index (κ2) is 11.5. The van der Waals surface area contributed by atoms with Crippen molar-refractivity contribution < 1.29 is 9.47 Å². The van der Waals surface area contributed by atoms with Crippen LogP contribution in [-0.2, 0) is 6.61 Å². The van der Waals surface area contributed by atoms with Crippen LogP contribution in [0.25, 0.3) is 0 Å². The number of nitrogens with one attached hydrogen (secondary N) is 2. The molecule has 2 aromatic carbocycles. The molecular weight excluding hydrogens is 417 g/mol. The Morgan fingerprint density at radius 1 is 1.14 bits per heavy atom. The molecule has 0 aromatic heterocycles. The van der Waals surface area contributed by atoms with Crippen molar-refractivity contribution >= 4 is 46.7 Å². The monoisotopic (exact) mass is 437 g/mol. The average Bonchev–Trinajstić information content (AvgIpc) is 2.68. The van der Waals surface area contributed by atoms with Crippen LogP contribution in [0.5, 0.6) is 11.5 Å². The molecule has 0 aliphatic carbocycles. The summed E-state index contributed by atoms with van der Waals surface area (Å²) in [6, 6.07) is 10.9. The predicted octanol–water partition coefficient (Wildman–Crippen LogP) is 4.96. The Balaban J connectivity index is 2.03. The highest BCUT2D eigenvalue weighted by atomic mass is 35.5. The van der Waals surface area contributed by atoms with Gasteiger partial charge in [0.15, 0.2) is 16.6 Å². The van der Waals surface area contributed by atoms with Gasteiger partial charge in [-0.15, -0.1) is 6.58 Å². The molecule has 0 radical (unpaired) electrons. The van der Waals surface area contributed by atoms with Crippen LogP contribution in [0.15, 0.2) is 54.2 Å². The van der Waals surface area contributed by atoms with Crippen LogP contribution in [-0.4, -0.2) is 24.5 Å². The molecule has 0 aliphatic rings. The summed E-state index contributed by atoms with van der Waals surface area (Å²) in [7, 11) is 0. The maximum Gasteiger partial charge on any atom is 0.187 e. The van der Waals surface area contributed by atoms with Gasteiger partial charge in [0.1, 0.15) is 6.61 Å². The molecule has 5 nitrogen and oxygen atoms in total. The normalized spacial score (nSPS) is 10.5. The van der Waals surface area contributed by atoms with Crippen molar-refractivity contribution in [1.29, 1.82) is 0 Å². The first-order valence-corrected chi connectivity index (χ1v) is 9.71. The summed E-state index contributed by atoms with van der Waals surface area (Å²) in [4.78, 5) is 0. The maximum absolute atomic E-state index is 6.04. The van der Waals surface area contributed by atoms with Gasteiger partial charge in [-0.25, -0.2) is 0 Å². The van der Waals surface area contributed by atoms with Gasteiger partial charge < -0.3 is 14.8 Å². The number of halogens is 2. The van der Waals surface area contributed by atoms with E-state index < -0.39 is 0 Å². The van der Waals surface area contributed by atoms with Crippen molar-refractivity contribution in [1.82, 2.24) is 10.7 Å². The number of hydrogen-bond donors (Lipinski definition) is 2. The van der Waals surface area contributed by atoms with E-state index >= 15 is 0 Å². The van der Waals surface area contributed by atoms with Gasteiger partial charge in [-0.2, -0.15) is 5.10 Å². The minimum Gasteiger partial charge on any atom is -0.490 e. The minimum absolute atomic E-state index is 0.342. The van der Waals surface area contributed by atoms with Gasteiger partial charge in [-0.1, -0.05) is 35.3 Å². The number of thiocarbonyl (C=S) groups is 1. The lowest BCUT2D eigenvalue weighted by atomic mass is 10.2. The van der Waals surface area contributed by atoms with E-state index in [-0.39, 0.29) is 0 Å². The fourth-order valence-corrected chi connectivity index (χ4v) is 2.61. The third kappa shape index (κ3) is 7.03. The zero-order valence-electron chi connectivity index (χ0n) is 15.4. The van der Waals surface area contributed by atoms with Gasteiger partial charge in [0.05, 0.1) is 22.9 Å². The van der Waals surface area contributed by atoms with E-state index in [9.17, 15) is 0 Å². The van der Waals surface area contributed by atoms with Gasteiger partial charge in [-0.05, 0) is 60.6 Å². The molecule has 0 saturated carbocycles. The highest BCUT2D eigenvalue weighted by Gasteiger charge is 2.07. The molecule has 0 spiro atoms. The van der Waals surface area contributed by atoms with Crippen molar-refractivity contribution in [3.63, 3.8) is 0 Å². The number of ether oxygens (including phenoxy) is 2. The Bertz CT molecular complexity index is 859. The molecule has 0 saturated heterocycles. The lowest BCUT2D eigenvalue weighted by Gasteiger charge is -2.13. The standard InChI is InChI=1S/C20H21Cl2N3O2S/c1-3-9-23-20(28)25-24-12-14-6-8-18(19(11-14)26-4-2)27-13-15-5-7-16(21)17(22)10-15/h3,5-8,10-12H,1,4,9,13H2,2H3,(H2,23,25,28)/b24-12+. The Morgan fingerprint density at radius 2 is 1.96 bits per heavy atom. The molecule has 2 N–H and O–H groups in total. The Hall–Kier alpha value is -2.28. The van der Waals surface area contributed by atoms with Crippen molar-refractivity contribution in [2.24, 2.45) is 5.10 Å². The molecule has 2 aromatic rings. The molecule has 0 heterocycles. The van der Waals surface area contributed by atoms with E-state index in [0.29, 0.717) is 46.4 Å². The van der Waals surface area contributed by atoms with Gasteiger partial charge in [0.2, 0.25) is 0 Å². The summed E-state index contributed by atoms with van der Waals surface area (Å²) >= 11 is 17.1. The first-order valence-electron chi connectivity index (χ1n) is 8.54. The second-order valence-corrected chi connectivity index (χ2v) is 6.77. The number of nitrogens with zero attached hydrogens (tertiary/aromatic N) is 1. The van der Waals surface area contributed by atoms with E-state index in [0.717, 1.165) is 11.1 Å². The van der Waals surface area contributed by atoms with Gasteiger partial charge in [0, 0.05) is 6.54 Å². The Kier molecular flexibility index (Phi) is 9.07. The van der Waals surface area contributed by atoms with E-state index in [2.05, 4.69) is 22.4 Å². The number of hydrazone groups is 1. The molecule has 0 unspecified atom stereocenters. The first kappa shape index (κ1) is 22.0. The molecular formula is C20H21Cl2N3O2S. The molecule has 0 atom stereocenters. The molecule has 2 rings (SSSR count). The van der Waals surface area contributed by atoms with Crippen molar-refractivity contribution in [3.05, 3.63) is 70.2 Å². The van der Waals surface area contributed by atoms with Crippen LogP contribution < -0.4 is 20.2 Å². The average molecular weight is 438 g/mol. The quantitative estimate of drug-likeness (QED) is 0.251. The van der Waals surface area contributed by atoms with E-state index in [4.69, 9.17) is 44.9 Å². The summed E-state index contributed by atoms with van der Waals surface area (Å²) in [6.07, 6.45) is 3.36. The number of hydrogen-bond acceptors (Lipinski definition) is 4. The lowest BCUT2D eigenvalue weighted by Crippen LogP contribution is -2.31. The van der Waals surface area contributed by atoms with Crippen LogP contribution in [0.1, 0.15) is 18.1 Å². The zero-order chi connectivity index (χ0) is 20.4. The molecule has 0 bridgehead atoms. The van der Waals surface area contributed by atoms with Crippen LogP contribution in [0, 0.1) is 0 Å². The molecule has 148 valence electrons. The van der Waals surface area contributed by atoms with Crippen molar-refractivity contribution in [2.45, 2.75) is 13.5 Å². The fourth-order valence-electron chi connectivity index (χ4n) is 2.15. The third-order valence-electron chi connectivity index (χ3n) is 3.43. The summed E-state index contributed by atoms with van der Waals surface area (Å²) < 4.78 is 11.6. The molecule has 28 heavy (non-hydrogen) atoms. The summed E-state index contributed by atoms with van der Waals surface area (Å²) in [5, 5.41) is 8.45. The van der Waals surface area contributed by atoms with E-state index in [1.165, 1.54) is 0 Å². The summed E-state index contributed by atoms with van der Waals surface area (Å²) in [6.45, 7) is 6.95.